The molecule has 1 aromatic carbocycles. The van der Waals surface area contributed by atoms with E-state index in [1.54, 1.807) is 6.92 Å². The largest absolute Gasteiger partial charge is 0.272 e. The molecule has 0 aromatic heterocycles. The Bertz CT molecular complexity index is 479. The number of amides is 1. The monoisotopic (exact) mass is 218 g/mol. The van der Waals surface area contributed by atoms with E-state index >= 15 is 0 Å². The zero-order valence-electron chi connectivity index (χ0n) is 8.45. The van der Waals surface area contributed by atoms with Crippen LogP contribution >= 0.6 is 0 Å². The standard InChI is InChI=1S/C10H8N3O3/c1-7-6-10(14)12(11-7)8-2-4-9(5-3-8)13(15)16/h2-6H,1H3. The van der Waals surface area contributed by atoms with E-state index in [1.807, 2.05) is 0 Å². The number of hydrogen-bond acceptors (Lipinski definition) is 4. The average molecular weight is 218 g/mol. The second-order valence-corrected chi connectivity index (χ2v) is 3.31. The molecule has 1 heterocycles. The van der Waals surface area contributed by atoms with Crippen LogP contribution in [0.1, 0.15) is 6.92 Å². The molecule has 0 spiro atoms. The number of hydrazone groups is 1. The number of nitro benzene ring substituents is 1. The molecule has 0 atom stereocenters. The van der Waals surface area contributed by atoms with Crippen molar-refractivity contribution in [3.8, 4) is 0 Å². The van der Waals surface area contributed by atoms with Gasteiger partial charge in [-0.05, 0) is 19.1 Å². The van der Waals surface area contributed by atoms with Crippen LogP contribution in [0.15, 0.2) is 29.4 Å². The first-order valence-electron chi connectivity index (χ1n) is 4.56. The SMILES string of the molecule is CC1=NN(c2ccc([N+](=O)[O-])cc2)C(=O)[CH]1. The molecular formula is C10H8N3O3. The van der Waals surface area contributed by atoms with E-state index in [9.17, 15) is 14.9 Å². The molecule has 16 heavy (non-hydrogen) atoms. The normalized spacial score (nSPS) is 15.2. The van der Waals surface area contributed by atoms with Gasteiger partial charge in [0.25, 0.3) is 11.6 Å². The van der Waals surface area contributed by atoms with Gasteiger partial charge in [0.05, 0.1) is 17.0 Å². The van der Waals surface area contributed by atoms with Crippen LogP contribution in [-0.2, 0) is 4.79 Å². The minimum Gasteiger partial charge on any atom is -0.272 e. The Morgan fingerprint density at radius 1 is 1.31 bits per heavy atom. The Morgan fingerprint density at radius 2 is 1.94 bits per heavy atom. The van der Waals surface area contributed by atoms with Crippen LogP contribution in [0.25, 0.3) is 0 Å². The van der Waals surface area contributed by atoms with Crippen molar-refractivity contribution in [3.63, 3.8) is 0 Å². The number of hydrogen-bond donors (Lipinski definition) is 0. The van der Waals surface area contributed by atoms with Gasteiger partial charge in [-0.3, -0.25) is 14.9 Å². The van der Waals surface area contributed by atoms with Gasteiger partial charge in [-0.1, -0.05) is 0 Å². The maximum absolute atomic E-state index is 11.4. The second kappa shape index (κ2) is 3.73. The van der Waals surface area contributed by atoms with Gasteiger partial charge in [-0.25, -0.2) is 5.01 Å². The molecule has 0 saturated carbocycles. The molecular weight excluding hydrogens is 210 g/mol. The summed E-state index contributed by atoms with van der Waals surface area (Å²) in [6.07, 6.45) is 1.40. The molecule has 0 unspecified atom stereocenters. The molecule has 6 heteroatoms. The Morgan fingerprint density at radius 3 is 2.38 bits per heavy atom. The molecule has 0 fully saturated rings. The van der Waals surface area contributed by atoms with Gasteiger partial charge < -0.3 is 0 Å². The van der Waals surface area contributed by atoms with E-state index in [4.69, 9.17) is 0 Å². The summed E-state index contributed by atoms with van der Waals surface area (Å²) in [5, 5.41) is 15.6. The van der Waals surface area contributed by atoms with Gasteiger partial charge in [-0.15, -0.1) is 0 Å². The summed E-state index contributed by atoms with van der Waals surface area (Å²) in [4.78, 5) is 21.4. The molecule has 1 amide bonds. The lowest BCUT2D eigenvalue weighted by Gasteiger charge is -2.10. The summed E-state index contributed by atoms with van der Waals surface area (Å²) in [5.74, 6) is -0.244. The smallest absolute Gasteiger partial charge is 0.269 e. The minimum absolute atomic E-state index is 0.0138. The summed E-state index contributed by atoms with van der Waals surface area (Å²) in [7, 11) is 0. The van der Waals surface area contributed by atoms with Crippen LogP contribution in [0.4, 0.5) is 11.4 Å². The first-order valence-corrected chi connectivity index (χ1v) is 4.56. The highest BCUT2D eigenvalue weighted by Gasteiger charge is 2.23. The van der Waals surface area contributed by atoms with E-state index in [0.717, 1.165) is 0 Å². The van der Waals surface area contributed by atoms with E-state index in [-0.39, 0.29) is 11.6 Å². The number of anilines is 1. The van der Waals surface area contributed by atoms with Gasteiger partial charge in [0, 0.05) is 17.8 Å². The zero-order chi connectivity index (χ0) is 11.7. The number of rotatable bonds is 2. The van der Waals surface area contributed by atoms with E-state index < -0.39 is 4.92 Å². The van der Waals surface area contributed by atoms with Gasteiger partial charge in [-0.2, -0.15) is 5.10 Å². The van der Waals surface area contributed by atoms with Crippen molar-refractivity contribution in [1.29, 1.82) is 0 Å². The minimum atomic E-state index is -0.490. The number of nitrogens with zero attached hydrogens (tertiary/aromatic N) is 3. The second-order valence-electron chi connectivity index (χ2n) is 3.31. The predicted octanol–water partition coefficient (Wildman–Crippen LogP) is 1.52. The van der Waals surface area contributed by atoms with Crippen LogP contribution in [0.2, 0.25) is 0 Å². The van der Waals surface area contributed by atoms with Gasteiger partial charge >= 0.3 is 0 Å². The molecule has 6 nitrogen and oxygen atoms in total. The molecule has 1 aliphatic rings. The fourth-order valence-electron chi connectivity index (χ4n) is 1.38. The summed E-state index contributed by atoms with van der Waals surface area (Å²) in [5.41, 5.74) is 1.12. The third-order valence-electron chi connectivity index (χ3n) is 2.10. The van der Waals surface area contributed by atoms with Crippen molar-refractivity contribution in [3.05, 3.63) is 40.8 Å². The van der Waals surface area contributed by atoms with Gasteiger partial charge in [0.2, 0.25) is 0 Å². The highest BCUT2D eigenvalue weighted by Crippen LogP contribution is 2.22. The summed E-state index contributed by atoms with van der Waals surface area (Å²) < 4.78 is 0. The summed E-state index contributed by atoms with van der Waals surface area (Å²) in [6.45, 7) is 1.71. The van der Waals surface area contributed by atoms with Crippen LogP contribution < -0.4 is 5.01 Å². The van der Waals surface area contributed by atoms with Crippen LogP contribution in [0.3, 0.4) is 0 Å². The molecule has 1 radical (unpaired) electrons. The van der Waals surface area contributed by atoms with E-state index in [2.05, 4.69) is 5.10 Å². The molecule has 81 valence electrons. The van der Waals surface area contributed by atoms with Gasteiger partial charge in [0.1, 0.15) is 0 Å². The molecule has 1 aliphatic heterocycles. The Hall–Kier alpha value is -2.24. The van der Waals surface area contributed by atoms with Crippen molar-refractivity contribution in [1.82, 2.24) is 0 Å². The quantitative estimate of drug-likeness (QED) is 0.557. The maximum atomic E-state index is 11.4. The molecule has 1 aromatic rings. The van der Waals surface area contributed by atoms with Crippen molar-refractivity contribution < 1.29 is 9.72 Å². The van der Waals surface area contributed by atoms with Crippen molar-refractivity contribution in [2.75, 3.05) is 5.01 Å². The fraction of sp³-hybridized carbons (Fsp3) is 0.100. The fourth-order valence-corrected chi connectivity index (χ4v) is 1.38. The van der Waals surface area contributed by atoms with Crippen molar-refractivity contribution in [2.24, 2.45) is 5.10 Å². The Balaban J connectivity index is 2.29. The molecule has 2 rings (SSSR count). The molecule has 0 bridgehead atoms. The first kappa shape index (κ1) is 10.3. The number of benzene rings is 1. The topological polar surface area (TPSA) is 75.8 Å². The number of carbonyl (C=O) groups excluding carboxylic acids is 1. The van der Waals surface area contributed by atoms with Crippen molar-refractivity contribution >= 4 is 23.0 Å². The summed E-state index contributed by atoms with van der Waals surface area (Å²) in [6, 6.07) is 5.66. The lowest BCUT2D eigenvalue weighted by atomic mass is 10.2. The number of carbonyl (C=O) groups is 1. The molecule has 0 saturated heterocycles. The first-order chi connectivity index (χ1) is 7.58. The highest BCUT2D eigenvalue weighted by molar-refractivity contribution is 6.21. The highest BCUT2D eigenvalue weighted by atomic mass is 16.6. The van der Waals surface area contributed by atoms with Gasteiger partial charge in [0.15, 0.2) is 0 Å². The van der Waals surface area contributed by atoms with Crippen LogP contribution in [-0.4, -0.2) is 16.5 Å². The molecule has 0 aliphatic carbocycles. The van der Waals surface area contributed by atoms with Crippen LogP contribution in [0, 0.1) is 16.5 Å². The van der Waals surface area contributed by atoms with Crippen LogP contribution in [0.5, 0.6) is 0 Å². The molecule has 0 N–H and O–H groups in total. The Labute approximate surface area is 91.3 Å². The predicted molar refractivity (Wildman–Crippen MR) is 58.0 cm³/mol. The lowest BCUT2D eigenvalue weighted by molar-refractivity contribution is -0.384. The third kappa shape index (κ3) is 1.77. The summed E-state index contributed by atoms with van der Waals surface area (Å²) >= 11 is 0. The lowest BCUT2D eigenvalue weighted by Crippen LogP contribution is -2.19. The number of nitro groups is 1. The number of non-ortho nitro benzene ring substituents is 1. The third-order valence-corrected chi connectivity index (χ3v) is 2.10. The maximum Gasteiger partial charge on any atom is 0.269 e. The van der Waals surface area contributed by atoms with E-state index in [1.165, 1.54) is 35.7 Å². The van der Waals surface area contributed by atoms with E-state index in [0.29, 0.717) is 11.4 Å². The van der Waals surface area contributed by atoms with Crippen molar-refractivity contribution in [2.45, 2.75) is 6.92 Å². The zero-order valence-corrected chi connectivity index (χ0v) is 8.45. The average Bonchev–Trinajstić information content (AvgIpc) is 2.58. The Kier molecular flexibility index (Phi) is 2.40.